The normalized spacial score (nSPS) is 11.3. The fraction of sp³-hybridized carbons (Fsp3) is 0.111. The van der Waals surface area contributed by atoms with E-state index in [-0.39, 0.29) is 6.07 Å². The highest BCUT2D eigenvalue weighted by Gasteiger charge is 2.35. The van der Waals surface area contributed by atoms with Crippen LogP contribution in [0.25, 0.3) is 0 Å². The lowest BCUT2D eigenvalue weighted by Gasteiger charge is -2.11. The topological polar surface area (TPSA) is 74.6 Å². The predicted molar refractivity (Wildman–Crippen MR) is 53.1 cm³/mol. The van der Waals surface area contributed by atoms with E-state index in [1.807, 2.05) is 0 Å². The molecule has 0 aromatic heterocycles. The third-order valence-electron chi connectivity index (χ3n) is 1.87. The maximum Gasteiger partial charge on any atom is 0.417 e. The maximum absolute atomic E-state index is 12.5. The van der Waals surface area contributed by atoms with Crippen molar-refractivity contribution in [1.29, 1.82) is 0 Å². The number of hydrogen-bond donors (Lipinski definition) is 2. The first kappa shape index (κ1) is 13.5. The van der Waals surface area contributed by atoms with Gasteiger partial charge in [-0.05, 0) is 12.1 Å². The Labute approximate surface area is 101 Å². The molecule has 92 valence electrons. The molecule has 0 radical (unpaired) electrons. The zero-order chi connectivity index (χ0) is 13.4. The van der Waals surface area contributed by atoms with Crippen molar-refractivity contribution in [2.24, 2.45) is 0 Å². The molecule has 0 amide bonds. The Morgan fingerprint density at radius 2 is 1.47 bits per heavy atom. The van der Waals surface area contributed by atoms with Crippen molar-refractivity contribution in [3.63, 3.8) is 0 Å². The van der Waals surface area contributed by atoms with Crippen LogP contribution in [0.15, 0.2) is 16.6 Å². The quantitative estimate of drug-likeness (QED) is 0.880. The molecule has 1 aromatic rings. The van der Waals surface area contributed by atoms with Gasteiger partial charge < -0.3 is 10.2 Å². The van der Waals surface area contributed by atoms with E-state index < -0.39 is 39.3 Å². The Bertz CT molecular complexity index is 496. The van der Waals surface area contributed by atoms with Crippen LogP contribution < -0.4 is 0 Å². The van der Waals surface area contributed by atoms with Crippen LogP contribution in [0.5, 0.6) is 0 Å². The van der Waals surface area contributed by atoms with Crippen molar-refractivity contribution in [3.05, 3.63) is 33.3 Å². The Balaban J connectivity index is 3.57. The lowest BCUT2D eigenvalue weighted by Crippen LogP contribution is -2.13. The van der Waals surface area contributed by atoms with Gasteiger partial charge in [-0.2, -0.15) is 13.2 Å². The summed E-state index contributed by atoms with van der Waals surface area (Å²) in [4.78, 5) is 21.3. The molecule has 0 aliphatic rings. The first-order valence-corrected chi connectivity index (χ1v) is 4.81. The number of aromatic carboxylic acids is 2. The van der Waals surface area contributed by atoms with Crippen LogP contribution in [-0.2, 0) is 6.18 Å². The Morgan fingerprint density at radius 3 is 1.82 bits per heavy atom. The molecule has 0 bridgehead atoms. The standard InChI is InChI=1S/C9H4BrF3O4/c10-6-2-4(8(16)17)3(7(14)15)1-5(6)9(11,12)13/h1-2H,(H,14,15)(H,16,17). The Kier molecular flexibility index (Phi) is 3.46. The summed E-state index contributed by atoms with van der Waals surface area (Å²) < 4.78 is 36.8. The highest BCUT2D eigenvalue weighted by molar-refractivity contribution is 9.10. The number of alkyl halides is 3. The molecular weight excluding hydrogens is 309 g/mol. The van der Waals surface area contributed by atoms with E-state index in [9.17, 15) is 22.8 Å². The van der Waals surface area contributed by atoms with Crippen LogP contribution in [0.1, 0.15) is 26.3 Å². The summed E-state index contributed by atoms with van der Waals surface area (Å²) in [6.45, 7) is 0. The number of benzene rings is 1. The van der Waals surface area contributed by atoms with Crippen LogP contribution >= 0.6 is 15.9 Å². The van der Waals surface area contributed by atoms with Gasteiger partial charge in [0.25, 0.3) is 0 Å². The summed E-state index contributed by atoms with van der Waals surface area (Å²) in [5.74, 6) is -3.35. The van der Waals surface area contributed by atoms with Gasteiger partial charge in [0.05, 0.1) is 16.7 Å². The van der Waals surface area contributed by atoms with E-state index in [2.05, 4.69) is 15.9 Å². The molecule has 17 heavy (non-hydrogen) atoms. The molecule has 1 aromatic carbocycles. The van der Waals surface area contributed by atoms with Crippen LogP contribution in [0.2, 0.25) is 0 Å². The SMILES string of the molecule is O=C(O)c1cc(Br)c(C(F)(F)F)cc1C(=O)O. The van der Waals surface area contributed by atoms with E-state index >= 15 is 0 Å². The van der Waals surface area contributed by atoms with Crippen molar-refractivity contribution < 1.29 is 33.0 Å². The molecule has 0 unspecified atom stereocenters. The number of carboxylic acids is 2. The third-order valence-corrected chi connectivity index (χ3v) is 2.53. The average molecular weight is 313 g/mol. The lowest BCUT2D eigenvalue weighted by atomic mass is 10.0. The predicted octanol–water partition coefficient (Wildman–Crippen LogP) is 2.86. The number of rotatable bonds is 2. The fourth-order valence-electron chi connectivity index (χ4n) is 1.14. The van der Waals surface area contributed by atoms with Gasteiger partial charge in [0.1, 0.15) is 0 Å². The molecular formula is C9H4BrF3O4. The maximum atomic E-state index is 12.5. The number of carboxylic acid groups (broad SMARTS) is 2. The molecule has 2 N–H and O–H groups in total. The van der Waals surface area contributed by atoms with Gasteiger partial charge in [-0.3, -0.25) is 0 Å². The Morgan fingerprint density at radius 1 is 1.06 bits per heavy atom. The minimum Gasteiger partial charge on any atom is -0.478 e. The fourth-order valence-corrected chi connectivity index (χ4v) is 1.71. The van der Waals surface area contributed by atoms with Crippen molar-refractivity contribution in [2.45, 2.75) is 6.18 Å². The highest BCUT2D eigenvalue weighted by atomic mass is 79.9. The molecule has 4 nitrogen and oxygen atoms in total. The minimum absolute atomic E-state index is 0.288. The van der Waals surface area contributed by atoms with Gasteiger partial charge in [0.15, 0.2) is 0 Å². The second-order valence-corrected chi connectivity index (χ2v) is 3.84. The van der Waals surface area contributed by atoms with Crippen LogP contribution in [0.3, 0.4) is 0 Å². The molecule has 0 aliphatic carbocycles. The summed E-state index contributed by atoms with van der Waals surface area (Å²) in [6.07, 6.45) is -4.76. The van der Waals surface area contributed by atoms with Crippen molar-refractivity contribution >= 4 is 27.9 Å². The molecule has 0 spiro atoms. The second kappa shape index (κ2) is 4.36. The van der Waals surface area contributed by atoms with Crippen LogP contribution in [0, 0.1) is 0 Å². The van der Waals surface area contributed by atoms with E-state index in [4.69, 9.17) is 10.2 Å². The van der Waals surface area contributed by atoms with Crippen LogP contribution in [-0.4, -0.2) is 22.2 Å². The van der Waals surface area contributed by atoms with Gasteiger partial charge >= 0.3 is 18.1 Å². The van der Waals surface area contributed by atoms with Gasteiger partial charge in [-0.15, -0.1) is 0 Å². The molecule has 0 atom stereocenters. The summed E-state index contributed by atoms with van der Waals surface area (Å²) in [5.41, 5.74) is -2.86. The van der Waals surface area contributed by atoms with E-state index in [0.717, 1.165) is 0 Å². The zero-order valence-corrected chi connectivity index (χ0v) is 9.46. The molecule has 0 fully saturated rings. The van der Waals surface area contributed by atoms with Crippen molar-refractivity contribution in [1.82, 2.24) is 0 Å². The van der Waals surface area contributed by atoms with Crippen LogP contribution in [0.4, 0.5) is 13.2 Å². The molecule has 0 aliphatic heterocycles. The van der Waals surface area contributed by atoms with Gasteiger partial charge in [-0.25, -0.2) is 9.59 Å². The van der Waals surface area contributed by atoms with Crippen molar-refractivity contribution in [3.8, 4) is 0 Å². The van der Waals surface area contributed by atoms with Gasteiger partial charge in [0, 0.05) is 4.47 Å². The van der Waals surface area contributed by atoms with E-state index in [1.165, 1.54) is 0 Å². The second-order valence-electron chi connectivity index (χ2n) is 2.99. The summed E-state index contributed by atoms with van der Waals surface area (Å²) in [6, 6.07) is 0.907. The average Bonchev–Trinajstić information content (AvgIpc) is 2.14. The minimum atomic E-state index is -4.76. The van der Waals surface area contributed by atoms with E-state index in [1.54, 1.807) is 0 Å². The number of carbonyl (C=O) groups is 2. The molecule has 0 saturated heterocycles. The summed E-state index contributed by atoms with van der Waals surface area (Å²) in [5, 5.41) is 17.3. The number of hydrogen-bond acceptors (Lipinski definition) is 2. The lowest BCUT2D eigenvalue weighted by molar-refractivity contribution is -0.138. The Hall–Kier alpha value is -1.57. The zero-order valence-electron chi connectivity index (χ0n) is 7.88. The van der Waals surface area contributed by atoms with Gasteiger partial charge in [0.2, 0.25) is 0 Å². The van der Waals surface area contributed by atoms with Crippen molar-refractivity contribution in [2.75, 3.05) is 0 Å². The smallest absolute Gasteiger partial charge is 0.417 e. The largest absolute Gasteiger partial charge is 0.478 e. The van der Waals surface area contributed by atoms with E-state index in [0.29, 0.717) is 6.07 Å². The monoisotopic (exact) mass is 312 g/mol. The molecule has 8 heteroatoms. The summed E-state index contributed by atoms with van der Waals surface area (Å²) >= 11 is 2.56. The van der Waals surface area contributed by atoms with Gasteiger partial charge in [-0.1, -0.05) is 15.9 Å². The first-order valence-electron chi connectivity index (χ1n) is 4.02. The third kappa shape index (κ3) is 2.76. The molecule has 1 rings (SSSR count). The highest BCUT2D eigenvalue weighted by Crippen LogP contribution is 2.36. The summed E-state index contributed by atoms with van der Waals surface area (Å²) in [7, 11) is 0. The molecule has 0 heterocycles. The first-order chi connectivity index (χ1) is 7.64. The molecule has 0 saturated carbocycles. The number of halogens is 4.